The van der Waals surface area contributed by atoms with E-state index >= 15 is 0 Å². The van der Waals surface area contributed by atoms with Gasteiger partial charge in [-0.25, -0.2) is 9.78 Å². The third-order valence-corrected chi connectivity index (χ3v) is 3.13. The van der Waals surface area contributed by atoms with Gasteiger partial charge in [-0.2, -0.15) is 0 Å². The molecule has 0 aliphatic rings. The number of nitrogen functional groups attached to an aromatic ring is 1. The molecule has 19 heavy (non-hydrogen) atoms. The minimum atomic E-state index is -0.650. The lowest BCUT2D eigenvalue weighted by molar-refractivity contribution is 0.0518. The summed E-state index contributed by atoms with van der Waals surface area (Å²) < 4.78 is 4.85. The Kier molecular flexibility index (Phi) is 3.86. The van der Waals surface area contributed by atoms with Gasteiger partial charge in [-0.15, -0.1) is 0 Å². The normalized spacial score (nSPS) is 10.2. The van der Waals surface area contributed by atoms with Crippen molar-refractivity contribution < 1.29 is 14.3 Å². The molecule has 7 heteroatoms. The van der Waals surface area contributed by atoms with Gasteiger partial charge in [0.05, 0.1) is 6.61 Å². The van der Waals surface area contributed by atoms with E-state index in [2.05, 4.69) is 9.97 Å². The van der Waals surface area contributed by atoms with Crippen molar-refractivity contribution in [3.05, 3.63) is 40.7 Å². The Labute approximate surface area is 113 Å². The summed E-state index contributed by atoms with van der Waals surface area (Å²) in [5, 5.41) is 0.148. The number of ketones is 1. The van der Waals surface area contributed by atoms with Gasteiger partial charge in [0.1, 0.15) is 4.88 Å². The number of nitrogens with two attached hydrogens (primary N) is 1. The topological polar surface area (TPSA) is 95.2 Å². The molecule has 0 fully saturated rings. The van der Waals surface area contributed by atoms with Crippen LogP contribution in [-0.4, -0.2) is 28.3 Å². The van der Waals surface area contributed by atoms with E-state index in [1.165, 1.54) is 6.20 Å². The Balaban J connectivity index is 2.40. The van der Waals surface area contributed by atoms with Crippen molar-refractivity contribution >= 4 is 28.2 Å². The Hall–Kier alpha value is -2.28. The first-order chi connectivity index (χ1) is 9.13. The van der Waals surface area contributed by atoms with E-state index in [4.69, 9.17) is 10.5 Å². The predicted octanol–water partition coefficient (Wildman–Crippen LogP) is 1.53. The first-order valence-electron chi connectivity index (χ1n) is 5.51. The SMILES string of the molecule is CCOC(=O)c1nc(N)sc1C(=O)c1cccnc1. The summed E-state index contributed by atoms with van der Waals surface area (Å²) in [6.45, 7) is 1.88. The smallest absolute Gasteiger partial charge is 0.358 e. The Morgan fingerprint density at radius 1 is 1.47 bits per heavy atom. The second kappa shape index (κ2) is 5.57. The van der Waals surface area contributed by atoms with Crippen molar-refractivity contribution in [3.63, 3.8) is 0 Å². The summed E-state index contributed by atoms with van der Waals surface area (Å²) >= 11 is 0.960. The fourth-order valence-corrected chi connectivity index (χ4v) is 2.24. The number of thiazole rings is 1. The Bertz CT molecular complexity index is 610. The van der Waals surface area contributed by atoms with Gasteiger partial charge in [0.15, 0.2) is 10.8 Å². The predicted molar refractivity (Wildman–Crippen MR) is 70.2 cm³/mol. The zero-order chi connectivity index (χ0) is 13.8. The van der Waals surface area contributed by atoms with Crippen molar-refractivity contribution in [2.45, 2.75) is 6.92 Å². The highest BCUT2D eigenvalue weighted by molar-refractivity contribution is 7.17. The van der Waals surface area contributed by atoms with Gasteiger partial charge in [-0.3, -0.25) is 9.78 Å². The third-order valence-electron chi connectivity index (χ3n) is 2.24. The molecule has 0 radical (unpaired) electrons. The molecule has 2 aromatic heterocycles. The number of carbonyl (C=O) groups is 2. The summed E-state index contributed by atoms with van der Waals surface area (Å²) in [5.41, 5.74) is 5.89. The molecule has 0 aliphatic carbocycles. The molecular weight excluding hydrogens is 266 g/mol. The van der Waals surface area contributed by atoms with Crippen LogP contribution in [0.4, 0.5) is 5.13 Å². The standard InChI is InChI=1S/C12H11N3O3S/c1-2-18-11(17)8-10(19-12(13)15-8)9(16)7-4-3-5-14-6-7/h3-6H,2H2,1H3,(H2,13,15). The number of ether oxygens (including phenoxy) is 1. The average molecular weight is 277 g/mol. The minimum Gasteiger partial charge on any atom is -0.461 e. The number of nitrogens with zero attached hydrogens (tertiary/aromatic N) is 2. The maximum absolute atomic E-state index is 12.3. The van der Waals surface area contributed by atoms with Crippen LogP contribution in [0.2, 0.25) is 0 Å². The van der Waals surface area contributed by atoms with Gasteiger partial charge in [0.2, 0.25) is 5.78 Å². The van der Waals surface area contributed by atoms with Crippen molar-refractivity contribution in [2.24, 2.45) is 0 Å². The van der Waals surface area contributed by atoms with Crippen LogP contribution in [0.1, 0.15) is 32.6 Å². The lowest BCUT2D eigenvalue weighted by Gasteiger charge is -2.01. The highest BCUT2D eigenvalue weighted by Crippen LogP contribution is 2.24. The zero-order valence-electron chi connectivity index (χ0n) is 10.1. The molecule has 0 saturated heterocycles. The van der Waals surface area contributed by atoms with Gasteiger partial charge in [0, 0.05) is 18.0 Å². The third kappa shape index (κ3) is 2.76. The first kappa shape index (κ1) is 13.2. The van der Waals surface area contributed by atoms with Gasteiger partial charge in [-0.1, -0.05) is 11.3 Å². The van der Waals surface area contributed by atoms with Crippen LogP contribution < -0.4 is 5.73 Å². The van der Waals surface area contributed by atoms with Crippen LogP contribution in [0, 0.1) is 0 Å². The highest BCUT2D eigenvalue weighted by Gasteiger charge is 2.24. The van der Waals surface area contributed by atoms with Crippen LogP contribution in [0.3, 0.4) is 0 Å². The van der Waals surface area contributed by atoms with E-state index in [0.717, 1.165) is 11.3 Å². The number of esters is 1. The van der Waals surface area contributed by atoms with Crippen molar-refractivity contribution in [2.75, 3.05) is 12.3 Å². The van der Waals surface area contributed by atoms with Gasteiger partial charge in [0.25, 0.3) is 0 Å². The first-order valence-corrected chi connectivity index (χ1v) is 6.33. The molecule has 6 nitrogen and oxygen atoms in total. The van der Waals surface area contributed by atoms with E-state index in [0.29, 0.717) is 5.56 Å². The minimum absolute atomic E-state index is 0.0433. The fourth-order valence-electron chi connectivity index (χ4n) is 1.46. The summed E-state index contributed by atoms with van der Waals surface area (Å²) in [5.74, 6) is -0.993. The number of hydrogen-bond donors (Lipinski definition) is 1. The maximum Gasteiger partial charge on any atom is 0.358 e. The Morgan fingerprint density at radius 2 is 2.26 bits per heavy atom. The molecule has 0 aliphatic heterocycles. The molecule has 0 saturated carbocycles. The number of carbonyl (C=O) groups excluding carboxylic acids is 2. The van der Waals surface area contributed by atoms with Gasteiger partial charge >= 0.3 is 5.97 Å². The van der Waals surface area contributed by atoms with E-state index in [-0.39, 0.29) is 28.1 Å². The number of rotatable bonds is 4. The summed E-state index contributed by atoms with van der Waals surface area (Å²) in [7, 11) is 0. The largest absolute Gasteiger partial charge is 0.461 e. The molecule has 2 heterocycles. The van der Waals surface area contributed by atoms with Crippen molar-refractivity contribution in [1.82, 2.24) is 9.97 Å². The molecular formula is C12H11N3O3S. The number of hydrogen-bond acceptors (Lipinski definition) is 7. The quantitative estimate of drug-likeness (QED) is 0.672. The lowest BCUT2D eigenvalue weighted by Crippen LogP contribution is -2.11. The second-order valence-electron chi connectivity index (χ2n) is 3.52. The number of aromatic nitrogens is 2. The van der Waals surface area contributed by atoms with Crippen molar-refractivity contribution in [1.29, 1.82) is 0 Å². The van der Waals surface area contributed by atoms with Crippen LogP contribution in [-0.2, 0) is 4.74 Å². The second-order valence-corrected chi connectivity index (χ2v) is 4.55. The van der Waals surface area contributed by atoms with Crippen LogP contribution in [0.5, 0.6) is 0 Å². The molecule has 2 N–H and O–H groups in total. The van der Waals surface area contributed by atoms with E-state index < -0.39 is 5.97 Å². The molecule has 98 valence electrons. The Morgan fingerprint density at radius 3 is 2.89 bits per heavy atom. The van der Waals surface area contributed by atoms with E-state index in [1.807, 2.05) is 0 Å². The fraction of sp³-hybridized carbons (Fsp3) is 0.167. The summed E-state index contributed by atoms with van der Waals surface area (Å²) in [6, 6.07) is 3.25. The number of pyridine rings is 1. The maximum atomic E-state index is 12.3. The molecule has 2 aromatic rings. The molecule has 0 amide bonds. The van der Waals surface area contributed by atoms with Crippen LogP contribution in [0.25, 0.3) is 0 Å². The molecule has 0 atom stereocenters. The van der Waals surface area contributed by atoms with Crippen molar-refractivity contribution in [3.8, 4) is 0 Å². The zero-order valence-corrected chi connectivity index (χ0v) is 10.9. The monoisotopic (exact) mass is 277 g/mol. The molecule has 0 unspecified atom stereocenters. The van der Waals surface area contributed by atoms with E-state index in [1.54, 1.807) is 25.3 Å². The number of anilines is 1. The molecule has 0 bridgehead atoms. The van der Waals surface area contributed by atoms with Crippen LogP contribution in [0.15, 0.2) is 24.5 Å². The van der Waals surface area contributed by atoms with Gasteiger partial charge < -0.3 is 10.5 Å². The lowest BCUT2D eigenvalue weighted by atomic mass is 10.1. The summed E-state index contributed by atoms with van der Waals surface area (Å²) in [6.07, 6.45) is 2.98. The molecule has 0 spiro atoms. The average Bonchev–Trinajstić information content (AvgIpc) is 2.81. The van der Waals surface area contributed by atoms with E-state index in [9.17, 15) is 9.59 Å². The van der Waals surface area contributed by atoms with Gasteiger partial charge in [-0.05, 0) is 19.1 Å². The molecule has 0 aromatic carbocycles. The molecule has 2 rings (SSSR count). The summed E-state index contributed by atoms with van der Waals surface area (Å²) in [4.78, 5) is 31.9. The van der Waals surface area contributed by atoms with Crippen LogP contribution >= 0.6 is 11.3 Å². The highest BCUT2D eigenvalue weighted by atomic mass is 32.1.